The third-order valence-electron chi connectivity index (χ3n) is 6.36. The molecule has 1 aliphatic heterocycles. The minimum Gasteiger partial charge on any atom is -0.496 e. The Morgan fingerprint density at radius 3 is 2.49 bits per heavy atom. The molecule has 0 saturated carbocycles. The lowest BCUT2D eigenvalue weighted by atomic mass is 10.0. The summed E-state index contributed by atoms with van der Waals surface area (Å²) in [7, 11) is 1.57. The first-order valence-electron chi connectivity index (χ1n) is 12.0. The molecule has 0 atom stereocenters. The van der Waals surface area contributed by atoms with Crippen molar-refractivity contribution in [3.63, 3.8) is 0 Å². The van der Waals surface area contributed by atoms with Crippen LogP contribution in [0.5, 0.6) is 5.75 Å². The number of ether oxygens (including phenoxy) is 1. The van der Waals surface area contributed by atoms with E-state index in [1.807, 2.05) is 54.6 Å². The van der Waals surface area contributed by atoms with Gasteiger partial charge in [-0.15, -0.1) is 0 Å². The number of methoxy groups -OCH3 is 1. The van der Waals surface area contributed by atoms with Crippen molar-refractivity contribution < 1.29 is 18.5 Å². The zero-order valence-electron chi connectivity index (χ0n) is 19.9. The average Bonchev–Trinajstić information content (AvgIpc) is 3.59. The van der Waals surface area contributed by atoms with Gasteiger partial charge < -0.3 is 23.5 Å². The van der Waals surface area contributed by atoms with Crippen molar-refractivity contribution in [2.45, 2.75) is 32.4 Å². The molecule has 7 nitrogen and oxygen atoms in total. The number of aromatic nitrogens is 1. The summed E-state index contributed by atoms with van der Waals surface area (Å²) in [4.78, 5) is 17.9. The van der Waals surface area contributed by atoms with Crippen LogP contribution in [-0.4, -0.2) is 36.2 Å². The highest BCUT2D eigenvalue weighted by atomic mass is 16.5. The van der Waals surface area contributed by atoms with Crippen LogP contribution < -0.4 is 9.64 Å². The summed E-state index contributed by atoms with van der Waals surface area (Å²) in [6.45, 7) is 2.45. The van der Waals surface area contributed by atoms with Gasteiger partial charge in [-0.05, 0) is 43.5 Å². The first-order valence-corrected chi connectivity index (χ1v) is 12.0. The van der Waals surface area contributed by atoms with E-state index < -0.39 is 0 Å². The predicted octanol–water partition coefficient (Wildman–Crippen LogP) is 5.78. The second kappa shape index (κ2) is 10.5. The molecule has 0 bridgehead atoms. The summed E-state index contributed by atoms with van der Waals surface area (Å²) in [6.07, 6.45) is 5.05. The zero-order chi connectivity index (χ0) is 24.0. The van der Waals surface area contributed by atoms with Gasteiger partial charge in [-0.25, -0.2) is 0 Å². The molecule has 7 heteroatoms. The number of nitrogens with zero attached hydrogens (tertiary/aromatic N) is 3. The maximum absolute atomic E-state index is 13.9. The monoisotopic (exact) mass is 471 g/mol. The fourth-order valence-electron chi connectivity index (χ4n) is 4.58. The van der Waals surface area contributed by atoms with Crippen molar-refractivity contribution in [2.75, 3.05) is 25.1 Å². The van der Waals surface area contributed by atoms with Gasteiger partial charge >= 0.3 is 0 Å². The second-order valence-electron chi connectivity index (χ2n) is 8.67. The van der Waals surface area contributed by atoms with Crippen LogP contribution in [0.15, 0.2) is 81.9 Å². The molecule has 0 spiro atoms. The molecular formula is C28H29N3O4. The summed E-state index contributed by atoms with van der Waals surface area (Å²) in [5, 5.41) is 4.47. The molecule has 2 aromatic heterocycles. The molecule has 35 heavy (non-hydrogen) atoms. The van der Waals surface area contributed by atoms with E-state index in [-0.39, 0.29) is 5.91 Å². The van der Waals surface area contributed by atoms with Gasteiger partial charge in [0.2, 0.25) is 5.88 Å². The molecule has 1 aliphatic rings. The molecule has 3 heterocycles. The van der Waals surface area contributed by atoms with Crippen LogP contribution in [0.3, 0.4) is 0 Å². The van der Waals surface area contributed by atoms with E-state index in [1.54, 1.807) is 30.4 Å². The van der Waals surface area contributed by atoms with Crippen molar-refractivity contribution in [3.05, 3.63) is 89.9 Å². The summed E-state index contributed by atoms with van der Waals surface area (Å²) < 4.78 is 17.0. The Labute approximate surface area is 204 Å². The topological polar surface area (TPSA) is 72.0 Å². The van der Waals surface area contributed by atoms with Crippen LogP contribution in [-0.2, 0) is 13.1 Å². The van der Waals surface area contributed by atoms with E-state index in [4.69, 9.17) is 13.7 Å². The molecule has 5 rings (SSSR count). The minimum atomic E-state index is -0.149. The SMILES string of the molecule is COc1ccccc1C(=O)N(Cc1ccco1)Cc1c(-c2ccccc2)noc1N1CCCCC1. The van der Waals surface area contributed by atoms with Crippen LogP contribution >= 0.6 is 0 Å². The van der Waals surface area contributed by atoms with Gasteiger partial charge in [-0.3, -0.25) is 4.79 Å². The van der Waals surface area contributed by atoms with Crippen LogP contribution in [0.1, 0.15) is 40.9 Å². The minimum absolute atomic E-state index is 0.149. The van der Waals surface area contributed by atoms with Gasteiger partial charge in [0, 0.05) is 18.7 Å². The first kappa shape index (κ1) is 22.8. The summed E-state index contributed by atoms with van der Waals surface area (Å²) in [6, 6.07) is 20.9. The lowest BCUT2D eigenvalue weighted by Crippen LogP contribution is -2.33. The summed E-state index contributed by atoms with van der Waals surface area (Å²) in [5.74, 6) is 1.82. The molecule has 1 amide bonds. The van der Waals surface area contributed by atoms with Crippen molar-refractivity contribution in [1.82, 2.24) is 10.1 Å². The molecule has 2 aromatic carbocycles. The first-order chi connectivity index (χ1) is 17.2. The molecule has 0 unspecified atom stereocenters. The standard InChI is InChI=1S/C28H29N3O4/c1-33-25-15-7-6-14-23(25)27(32)31(19-22-13-10-18-34-22)20-24-26(21-11-4-2-5-12-21)29-35-28(24)30-16-8-3-9-17-30/h2,4-7,10-15,18H,3,8-9,16-17,19-20H2,1H3. The van der Waals surface area contributed by atoms with Crippen LogP contribution in [0, 0.1) is 0 Å². The van der Waals surface area contributed by atoms with Gasteiger partial charge in [0.25, 0.3) is 5.91 Å². The number of hydrogen-bond donors (Lipinski definition) is 0. The van der Waals surface area contributed by atoms with E-state index in [9.17, 15) is 4.79 Å². The number of para-hydroxylation sites is 1. The van der Waals surface area contributed by atoms with E-state index in [0.29, 0.717) is 30.2 Å². The number of rotatable bonds is 8. The number of piperidine rings is 1. The fourth-order valence-corrected chi connectivity index (χ4v) is 4.58. The third-order valence-corrected chi connectivity index (χ3v) is 6.36. The Balaban J connectivity index is 1.56. The highest BCUT2D eigenvalue weighted by Gasteiger charge is 2.28. The normalized spacial score (nSPS) is 13.6. The summed E-state index contributed by atoms with van der Waals surface area (Å²) >= 11 is 0. The van der Waals surface area contributed by atoms with E-state index in [0.717, 1.165) is 48.6 Å². The maximum Gasteiger partial charge on any atom is 0.258 e. The van der Waals surface area contributed by atoms with E-state index in [1.165, 1.54) is 6.42 Å². The van der Waals surface area contributed by atoms with Gasteiger partial charge in [-0.1, -0.05) is 47.6 Å². The molecular weight excluding hydrogens is 442 g/mol. The number of furan rings is 1. The number of benzene rings is 2. The van der Waals surface area contributed by atoms with Crippen LogP contribution in [0.4, 0.5) is 5.88 Å². The van der Waals surface area contributed by atoms with Gasteiger partial charge in [0.15, 0.2) is 0 Å². The van der Waals surface area contributed by atoms with Crippen molar-refractivity contribution in [1.29, 1.82) is 0 Å². The van der Waals surface area contributed by atoms with Crippen LogP contribution in [0.25, 0.3) is 11.3 Å². The number of amides is 1. The molecule has 1 saturated heterocycles. The number of carbonyl (C=O) groups is 1. The van der Waals surface area contributed by atoms with Gasteiger partial charge in [0.05, 0.1) is 37.6 Å². The Morgan fingerprint density at radius 1 is 0.971 bits per heavy atom. The lowest BCUT2D eigenvalue weighted by Gasteiger charge is -2.28. The Bertz CT molecular complexity index is 1240. The zero-order valence-corrected chi connectivity index (χ0v) is 19.9. The molecule has 4 aromatic rings. The van der Waals surface area contributed by atoms with Crippen LogP contribution in [0.2, 0.25) is 0 Å². The molecule has 0 aliphatic carbocycles. The number of hydrogen-bond acceptors (Lipinski definition) is 6. The Morgan fingerprint density at radius 2 is 1.74 bits per heavy atom. The highest BCUT2D eigenvalue weighted by molar-refractivity contribution is 5.97. The van der Waals surface area contributed by atoms with Gasteiger partial charge in [0.1, 0.15) is 17.2 Å². The number of carbonyl (C=O) groups excluding carboxylic acids is 1. The molecule has 1 fully saturated rings. The lowest BCUT2D eigenvalue weighted by molar-refractivity contribution is 0.0714. The smallest absolute Gasteiger partial charge is 0.258 e. The second-order valence-corrected chi connectivity index (χ2v) is 8.67. The average molecular weight is 472 g/mol. The van der Waals surface area contributed by atoms with Gasteiger partial charge in [-0.2, -0.15) is 0 Å². The van der Waals surface area contributed by atoms with Crippen molar-refractivity contribution in [2.24, 2.45) is 0 Å². The van der Waals surface area contributed by atoms with E-state index >= 15 is 0 Å². The van der Waals surface area contributed by atoms with Crippen molar-refractivity contribution in [3.8, 4) is 17.0 Å². The largest absolute Gasteiger partial charge is 0.496 e. The quantitative estimate of drug-likeness (QED) is 0.325. The molecule has 0 radical (unpaired) electrons. The fraction of sp³-hybridized carbons (Fsp3) is 0.286. The van der Waals surface area contributed by atoms with Crippen molar-refractivity contribution >= 4 is 11.8 Å². The number of anilines is 1. The van der Waals surface area contributed by atoms with E-state index in [2.05, 4.69) is 10.1 Å². The summed E-state index contributed by atoms with van der Waals surface area (Å²) in [5.41, 5.74) is 3.10. The predicted molar refractivity (Wildman–Crippen MR) is 133 cm³/mol. The third kappa shape index (κ3) is 4.94. The Kier molecular flexibility index (Phi) is 6.84. The molecule has 180 valence electrons. The maximum atomic E-state index is 13.9. The molecule has 0 N–H and O–H groups in total. The Hall–Kier alpha value is -4.00. The highest BCUT2D eigenvalue weighted by Crippen LogP contribution is 2.35.